The highest BCUT2D eigenvalue weighted by molar-refractivity contribution is 5.78. The highest BCUT2D eigenvalue weighted by Crippen LogP contribution is 2.30. The molecule has 2 fully saturated rings. The molecule has 2 aliphatic rings. The van der Waals surface area contributed by atoms with Crippen molar-refractivity contribution in [2.24, 2.45) is 11.8 Å². The van der Waals surface area contributed by atoms with Gasteiger partial charge < -0.3 is 10.6 Å². The Kier molecular flexibility index (Phi) is 3.85. The standard InChI is InChI=1S/C13H24N2O/c1-9(2)10-4-3-5-11(6-10)15-12-7-13(16)14-8-12/h9-12,15H,3-8H2,1-2H3,(H,14,16). The third-order valence-electron chi connectivity index (χ3n) is 4.11. The molecular weight excluding hydrogens is 200 g/mol. The van der Waals surface area contributed by atoms with Crippen molar-refractivity contribution in [2.75, 3.05) is 6.54 Å². The Morgan fingerprint density at radius 2 is 2.12 bits per heavy atom. The van der Waals surface area contributed by atoms with E-state index < -0.39 is 0 Å². The summed E-state index contributed by atoms with van der Waals surface area (Å²) in [6.07, 6.45) is 5.98. The van der Waals surface area contributed by atoms with Crippen molar-refractivity contribution in [3.63, 3.8) is 0 Å². The Bertz CT molecular complexity index is 252. The Balaban J connectivity index is 1.79. The summed E-state index contributed by atoms with van der Waals surface area (Å²) in [7, 11) is 0. The lowest BCUT2D eigenvalue weighted by molar-refractivity contribution is -0.119. The van der Waals surface area contributed by atoms with E-state index in [1.165, 1.54) is 25.7 Å². The second-order valence-electron chi connectivity index (χ2n) is 5.74. The molecule has 0 radical (unpaired) electrons. The maximum absolute atomic E-state index is 11.1. The first-order valence-electron chi connectivity index (χ1n) is 6.68. The van der Waals surface area contributed by atoms with Crippen LogP contribution in [0, 0.1) is 11.8 Å². The third-order valence-corrected chi connectivity index (χ3v) is 4.11. The van der Waals surface area contributed by atoms with E-state index in [0.717, 1.165) is 18.4 Å². The summed E-state index contributed by atoms with van der Waals surface area (Å²) in [6, 6.07) is 1.02. The first-order valence-corrected chi connectivity index (χ1v) is 6.68. The molecule has 0 aromatic rings. The van der Waals surface area contributed by atoms with Crippen LogP contribution in [0.1, 0.15) is 46.0 Å². The van der Waals surface area contributed by atoms with Gasteiger partial charge in [-0.1, -0.05) is 26.7 Å². The fraction of sp³-hybridized carbons (Fsp3) is 0.923. The average molecular weight is 224 g/mol. The summed E-state index contributed by atoms with van der Waals surface area (Å²) in [6.45, 7) is 5.48. The van der Waals surface area contributed by atoms with Gasteiger partial charge in [0.1, 0.15) is 0 Å². The Morgan fingerprint density at radius 1 is 1.31 bits per heavy atom. The van der Waals surface area contributed by atoms with Crippen LogP contribution in [0.15, 0.2) is 0 Å². The van der Waals surface area contributed by atoms with Crippen molar-refractivity contribution < 1.29 is 4.79 Å². The topological polar surface area (TPSA) is 41.1 Å². The van der Waals surface area contributed by atoms with Crippen molar-refractivity contribution in [2.45, 2.75) is 58.0 Å². The monoisotopic (exact) mass is 224 g/mol. The molecule has 1 aliphatic carbocycles. The zero-order chi connectivity index (χ0) is 11.5. The van der Waals surface area contributed by atoms with Crippen LogP contribution in [0.25, 0.3) is 0 Å². The predicted molar refractivity (Wildman–Crippen MR) is 65.1 cm³/mol. The number of amides is 1. The van der Waals surface area contributed by atoms with E-state index in [9.17, 15) is 4.79 Å². The second-order valence-corrected chi connectivity index (χ2v) is 5.74. The molecule has 3 atom stereocenters. The van der Waals surface area contributed by atoms with Gasteiger partial charge in [0.15, 0.2) is 0 Å². The fourth-order valence-electron chi connectivity index (χ4n) is 3.04. The Morgan fingerprint density at radius 3 is 2.75 bits per heavy atom. The second kappa shape index (κ2) is 5.17. The van der Waals surface area contributed by atoms with Gasteiger partial charge in [0.2, 0.25) is 5.91 Å². The van der Waals surface area contributed by atoms with Gasteiger partial charge in [-0.05, 0) is 24.7 Å². The zero-order valence-electron chi connectivity index (χ0n) is 10.5. The van der Waals surface area contributed by atoms with Crippen LogP contribution in [0.2, 0.25) is 0 Å². The molecule has 0 aromatic carbocycles. The first-order chi connectivity index (χ1) is 7.65. The number of nitrogens with one attached hydrogen (secondary N) is 2. The van der Waals surface area contributed by atoms with E-state index in [1.807, 2.05) is 0 Å². The van der Waals surface area contributed by atoms with Gasteiger partial charge in [0.25, 0.3) is 0 Å². The average Bonchev–Trinajstić information content (AvgIpc) is 2.64. The van der Waals surface area contributed by atoms with Gasteiger partial charge in [0, 0.05) is 25.0 Å². The summed E-state index contributed by atoms with van der Waals surface area (Å²) in [5, 5.41) is 6.54. The van der Waals surface area contributed by atoms with Gasteiger partial charge in [-0.3, -0.25) is 4.79 Å². The molecule has 1 saturated heterocycles. The van der Waals surface area contributed by atoms with Crippen LogP contribution in [0.4, 0.5) is 0 Å². The number of hydrogen-bond acceptors (Lipinski definition) is 2. The lowest BCUT2D eigenvalue weighted by atomic mass is 9.79. The van der Waals surface area contributed by atoms with Crippen LogP contribution in [-0.4, -0.2) is 24.5 Å². The molecule has 2 N–H and O–H groups in total. The van der Waals surface area contributed by atoms with Crippen molar-refractivity contribution >= 4 is 5.91 Å². The molecule has 3 nitrogen and oxygen atoms in total. The lowest BCUT2D eigenvalue weighted by Crippen LogP contribution is -2.42. The Hall–Kier alpha value is -0.570. The summed E-state index contributed by atoms with van der Waals surface area (Å²) < 4.78 is 0. The van der Waals surface area contributed by atoms with Crippen molar-refractivity contribution in [3.8, 4) is 0 Å². The van der Waals surface area contributed by atoms with Crippen LogP contribution >= 0.6 is 0 Å². The van der Waals surface area contributed by atoms with Gasteiger partial charge in [-0.15, -0.1) is 0 Å². The minimum absolute atomic E-state index is 0.203. The van der Waals surface area contributed by atoms with Crippen LogP contribution in [-0.2, 0) is 4.79 Å². The van der Waals surface area contributed by atoms with E-state index in [4.69, 9.17) is 0 Å². The van der Waals surface area contributed by atoms with Gasteiger partial charge in [-0.25, -0.2) is 0 Å². The molecule has 0 bridgehead atoms. The summed E-state index contributed by atoms with van der Waals surface area (Å²) in [4.78, 5) is 11.1. The van der Waals surface area contributed by atoms with Crippen molar-refractivity contribution in [3.05, 3.63) is 0 Å². The predicted octanol–water partition coefficient (Wildman–Crippen LogP) is 1.68. The molecule has 1 amide bonds. The van der Waals surface area contributed by atoms with Gasteiger partial charge in [0.05, 0.1) is 0 Å². The molecule has 3 heteroatoms. The SMILES string of the molecule is CC(C)C1CCCC(NC2CNC(=O)C2)C1. The molecule has 3 unspecified atom stereocenters. The summed E-state index contributed by atoms with van der Waals surface area (Å²) >= 11 is 0. The third kappa shape index (κ3) is 2.97. The molecule has 16 heavy (non-hydrogen) atoms. The maximum atomic E-state index is 11.1. The molecule has 2 rings (SSSR count). The fourth-order valence-corrected chi connectivity index (χ4v) is 3.04. The van der Waals surface area contributed by atoms with E-state index in [1.54, 1.807) is 0 Å². The largest absolute Gasteiger partial charge is 0.354 e. The molecule has 1 aliphatic heterocycles. The number of carbonyl (C=O) groups is 1. The van der Waals surface area contributed by atoms with Gasteiger partial charge in [-0.2, -0.15) is 0 Å². The van der Waals surface area contributed by atoms with Crippen LogP contribution in [0.3, 0.4) is 0 Å². The normalized spacial score (nSPS) is 35.4. The highest BCUT2D eigenvalue weighted by atomic mass is 16.1. The zero-order valence-corrected chi connectivity index (χ0v) is 10.5. The number of carbonyl (C=O) groups excluding carboxylic acids is 1. The smallest absolute Gasteiger partial charge is 0.221 e. The van der Waals surface area contributed by atoms with Gasteiger partial charge >= 0.3 is 0 Å². The van der Waals surface area contributed by atoms with Crippen LogP contribution < -0.4 is 10.6 Å². The van der Waals surface area contributed by atoms with E-state index in [-0.39, 0.29) is 5.91 Å². The lowest BCUT2D eigenvalue weighted by Gasteiger charge is -2.33. The number of hydrogen-bond donors (Lipinski definition) is 2. The van der Waals surface area contributed by atoms with Crippen LogP contribution in [0.5, 0.6) is 0 Å². The molecule has 0 spiro atoms. The minimum Gasteiger partial charge on any atom is -0.354 e. The summed E-state index contributed by atoms with van der Waals surface area (Å²) in [5.74, 6) is 1.87. The quantitative estimate of drug-likeness (QED) is 0.766. The first kappa shape index (κ1) is 11.9. The summed E-state index contributed by atoms with van der Waals surface area (Å²) in [5.41, 5.74) is 0. The molecule has 1 heterocycles. The number of rotatable bonds is 3. The van der Waals surface area contributed by atoms with Crippen molar-refractivity contribution in [1.29, 1.82) is 0 Å². The van der Waals surface area contributed by atoms with E-state index in [2.05, 4.69) is 24.5 Å². The molecule has 92 valence electrons. The molecule has 0 aromatic heterocycles. The highest BCUT2D eigenvalue weighted by Gasteiger charge is 2.28. The molecule has 1 saturated carbocycles. The van der Waals surface area contributed by atoms with Crippen molar-refractivity contribution in [1.82, 2.24) is 10.6 Å². The molecular formula is C13H24N2O. The van der Waals surface area contributed by atoms with E-state index in [0.29, 0.717) is 18.5 Å². The maximum Gasteiger partial charge on any atom is 0.221 e. The van der Waals surface area contributed by atoms with E-state index >= 15 is 0 Å². The Labute approximate surface area is 98.4 Å². The minimum atomic E-state index is 0.203.